The van der Waals surface area contributed by atoms with Gasteiger partial charge in [0.15, 0.2) is 0 Å². The van der Waals surface area contributed by atoms with Gasteiger partial charge in [0, 0.05) is 21.2 Å². The van der Waals surface area contributed by atoms with Crippen LogP contribution in [0.15, 0.2) is 125 Å². The first-order valence-electron chi connectivity index (χ1n) is 13.2. The maximum atomic E-state index is 14.1. The molecule has 2 amide bonds. The van der Waals surface area contributed by atoms with E-state index in [-0.39, 0.29) is 31.0 Å². The highest BCUT2D eigenvalue weighted by Gasteiger charge is 2.39. The fraction of sp³-hybridized carbons (Fsp3) is 0. The van der Waals surface area contributed by atoms with Crippen LogP contribution in [0.1, 0.15) is 20.7 Å². The summed E-state index contributed by atoms with van der Waals surface area (Å²) < 4.78 is 57.1. The van der Waals surface area contributed by atoms with E-state index in [9.17, 15) is 26.4 Å². The topological polar surface area (TPSA) is 109 Å². The summed E-state index contributed by atoms with van der Waals surface area (Å²) in [5.74, 6) is -2.09. The molecule has 47 heavy (non-hydrogen) atoms. The van der Waals surface area contributed by atoms with Crippen LogP contribution in [-0.2, 0) is 20.0 Å². The maximum Gasteiger partial charge on any atom is 0.272 e. The molecule has 0 saturated carbocycles. The van der Waals surface area contributed by atoms with Gasteiger partial charge in [-0.15, -0.1) is 0 Å². The number of benzene rings is 5. The van der Waals surface area contributed by atoms with Crippen LogP contribution < -0.4 is 8.61 Å². The molecule has 15 heteroatoms. The molecule has 0 N–H and O–H groups in total. The van der Waals surface area contributed by atoms with Crippen molar-refractivity contribution in [3.63, 3.8) is 0 Å². The zero-order chi connectivity index (χ0) is 34.1. The van der Waals surface area contributed by atoms with Crippen LogP contribution in [0, 0.1) is 0 Å². The normalized spacial score (nSPS) is 11.6. The SMILES string of the molecule is O=C(c1ccccc1)N(c1cc(Cl)c(N(C(=O)c2ccccc2)S(=O)(=O)c2ccc(Cl)cc2)c(Cl)c1Cl)S(=O)(=O)c1ccc(Cl)cc1. The standard InChI is InChI=1S/C32H19Cl5N2O6S2/c33-22-11-15-24(16-12-22)46(42,43)38(31(40)20-7-3-1-4-8-20)27-19-26(35)30(29(37)28(27)36)39(32(41)21-9-5-2-6-10-21)47(44,45)25-17-13-23(34)14-18-25/h1-19H. The molecule has 5 aromatic rings. The Kier molecular flexibility index (Phi) is 10.2. The van der Waals surface area contributed by atoms with Gasteiger partial charge in [-0.3, -0.25) is 9.59 Å². The maximum absolute atomic E-state index is 14.1. The molecule has 240 valence electrons. The molecule has 5 rings (SSSR count). The van der Waals surface area contributed by atoms with Crippen molar-refractivity contribution in [2.24, 2.45) is 0 Å². The molecule has 0 atom stereocenters. The monoisotopic (exact) mass is 766 g/mol. The van der Waals surface area contributed by atoms with E-state index >= 15 is 0 Å². The smallest absolute Gasteiger partial charge is 0.268 e. The highest BCUT2D eigenvalue weighted by molar-refractivity contribution is 7.94. The molecular formula is C32H19Cl5N2O6S2. The second-order valence-electron chi connectivity index (χ2n) is 9.64. The van der Waals surface area contributed by atoms with E-state index in [2.05, 4.69) is 0 Å². The number of carbonyl (C=O) groups is 2. The fourth-order valence-electron chi connectivity index (χ4n) is 4.41. The van der Waals surface area contributed by atoms with Gasteiger partial charge in [-0.2, -0.15) is 8.61 Å². The first kappa shape index (κ1) is 34.7. The third kappa shape index (κ3) is 6.86. The Hall–Kier alpha value is -3.61. The summed E-state index contributed by atoms with van der Waals surface area (Å²) in [6.45, 7) is 0. The van der Waals surface area contributed by atoms with Gasteiger partial charge >= 0.3 is 0 Å². The van der Waals surface area contributed by atoms with Crippen molar-refractivity contribution in [3.8, 4) is 0 Å². The molecule has 0 aliphatic heterocycles. The lowest BCUT2D eigenvalue weighted by Gasteiger charge is -2.28. The highest BCUT2D eigenvalue weighted by Crippen LogP contribution is 2.48. The van der Waals surface area contributed by atoms with Gasteiger partial charge in [0.25, 0.3) is 31.9 Å². The van der Waals surface area contributed by atoms with E-state index < -0.39 is 58.3 Å². The van der Waals surface area contributed by atoms with Crippen molar-refractivity contribution < 1.29 is 26.4 Å². The minimum Gasteiger partial charge on any atom is -0.268 e. The van der Waals surface area contributed by atoms with Crippen molar-refractivity contribution in [2.75, 3.05) is 8.61 Å². The molecule has 0 aliphatic carbocycles. The molecular weight excluding hydrogens is 750 g/mol. The van der Waals surface area contributed by atoms with Crippen molar-refractivity contribution in [2.45, 2.75) is 9.79 Å². The molecule has 0 spiro atoms. The Morgan fingerprint density at radius 1 is 0.489 bits per heavy atom. The minimum absolute atomic E-state index is 0.0383. The summed E-state index contributed by atoms with van der Waals surface area (Å²) >= 11 is 32.1. The molecule has 0 aromatic heterocycles. The van der Waals surface area contributed by atoms with Crippen LogP contribution in [0.25, 0.3) is 0 Å². The number of carbonyl (C=O) groups excluding carboxylic acids is 2. The van der Waals surface area contributed by atoms with Crippen LogP contribution in [0.3, 0.4) is 0 Å². The van der Waals surface area contributed by atoms with E-state index in [0.717, 1.165) is 6.07 Å². The Labute approximate surface area is 295 Å². The summed E-state index contributed by atoms with van der Waals surface area (Å²) in [7, 11) is -9.49. The number of hydrogen-bond acceptors (Lipinski definition) is 6. The summed E-state index contributed by atoms with van der Waals surface area (Å²) in [6.07, 6.45) is 0. The van der Waals surface area contributed by atoms with E-state index in [1.165, 1.54) is 97.1 Å². The van der Waals surface area contributed by atoms with E-state index in [1.54, 1.807) is 12.1 Å². The number of nitrogens with zero attached hydrogens (tertiary/aromatic N) is 2. The van der Waals surface area contributed by atoms with Crippen molar-refractivity contribution in [1.29, 1.82) is 0 Å². The quantitative estimate of drug-likeness (QED) is 0.146. The summed E-state index contributed by atoms with van der Waals surface area (Å²) in [4.78, 5) is 27.1. The summed E-state index contributed by atoms with van der Waals surface area (Å²) in [5.41, 5.74) is -1.18. The number of hydrogen-bond donors (Lipinski definition) is 0. The summed E-state index contributed by atoms with van der Waals surface area (Å²) in [5, 5.41) is -1.27. The lowest BCUT2D eigenvalue weighted by atomic mass is 10.2. The third-order valence-corrected chi connectivity index (χ3v) is 11.7. The molecule has 0 saturated heterocycles. The van der Waals surface area contributed by atoms with Gasteiger partial charge in [-0.25, -0.2) is 16.8 Å². The van der Waals surface area contributed by atoms with Gasteiger partial charge in [0.2, 0.25) is 0 Å². The molecule has 5 aromatic carbocycles. The molecule has 0 radical (unpaired) electrons. The predicted molar refractivity (Wildman–Crippen MR) is 185 cm³/mol. The summed E-state index contributed by atoms with van der Waals surface area (Å²) in [6, 6.07) is 25.8. The number of halogens is 5. The van der Waals surface area contributed by atoms with Gasteiger partial charge < -0.3 is 0 Å². The molecule has 0 unspecified atom stereocenters. The van der Waals surface area contributed by atoms with E-state index in [1.807, 2.05) is 0 Å². The van der Waals surface area contributed by atoms with Gasteiger partial charge in [-0.1, -0.05) is 94.4 Å². The second kappa shape index (κ2) is 13.9. The predicted octanol–water partition coefficient (Wildman–Crippen LogP) is 9.02. The molecule has 0 heterocycles. The van der Waals surface area contributed by atoms with Crippen LogP contribution in [-0.4, -0.2) is 28.6 Å². The fourth-order valence-corrected chi connectivity index (χ4v) is 8.51. The molecule has 0 fully saturated rings. The van der Waals surface area contributed by atoms with Crippen LogP contribution >= 0.6 is 58.0 Å². The van der Waals surface area contributed by atoms with Crippen LogP contribution in [0.5, 0.6) is 0 Å². The average Bonchev–Trinajstić information content (AvgIpc) is 3.06. The van der Waals surface area contributed by atoms with Crippen molar-refractivity contribution in [3.05, 3.63) is 152 Å². The molecule has 8 nitrogen and oxygen atoms in total. The van der Waals surface area contributed by atoms with Crippen LogP contribution in [0.2, 0.25) is 25.1 Å². The van der Waals surface area contributed by atoms with Gasteiger partial charge in [0.1, 0.15) is 0 Å². The second-order valence-corrected chi connectivity index (χ2v) is 15.3. The minimum atomic E-state index is -4.76. The Balaban J connectivity index is 1.77. The lowest BCUT2D eigenvalue weighted by molar-refractivity contribution is 0.0996. The number of anilines is 2. The Morgan fingerprint density at radius 3 is 1.30 bits per heavy atom. The van der Waals surface area contributed by atoms with Crippen LogP contribution in [0.4, 0.5) is 11.4 Å². The highest BCUT2D eigenvalue weighted by atomic mass is 35.5. The first-order valence-corrected chi connectivity index (χ1v) is 18.0. The van der Waals surface area contributed by atoms with Gasteiger partial charge in [-0.05, 0) is 78.9 Å². The number of sulfonamides is 2. The van der Waals surface area contributed by atoms with Crippen molar-refractivity contribution in [1.82, 2.24) is 0 Å². The average molecular weight is 769 g/mol. The largest absolute Gasteiger partial charge is 0.272 e. The van der Waals surface area contributed by atoms with E-state index in [0.29, 0.717) is 8.61 Å². The lowest BCUT2D eigenvalue weighted by Crippen LogP contribution is -2.39. The number of rotatable bonds is 8. The van der Waals surface area contributed by atoms with E-state index in [4.69, 9.17) is 58.0 Å². The van der Waals surface area contributed by atoms with Crippen molar-refractivity contribution >= 4 is 101 Å². The Morgan fingerprint density at radius 2 is 0.872 bits per heavy atom. The number of amides is 2. The zero-order valence-electron chi connectivity index (χ0n) is 23.5. The zero-order valence-corrected chi connectivity index (χ0v) is 28.9. The third-order valence-electron chi connectivity index (χ3n) is 6.65. The van der Waals surface area contributed by atoms with Gasteiger partial charge in [0.05, 0.1) is 36.2 Å². The first-order chi connectivity index (χ1) is 22.2. The Bertz CT molecular complexity index is 2200. The molecule has 0 aliphatic rings. The molecule has 0 bridgehead atoms.